The summed E-state index contributed by atoms with van der Waals surface area (Å²) in [5, 5.41) is 3.43. The smallest absolute Gasteiger partial charge is 0.0934 e. The normalized spacial score (nSPS) is 12.4. The average molecular weight is 258 g/mol. The van der Waals surface area contributed by atoms with Crippen LogP contribution in [0.4, 0.5) is 0 Å². The second-order valence-electron chi connectivity index (χ2n) is 4.38. The van der Waals surface area contributed by atoms with Gasteiger partial charge in [-0.15, -0.1) is 11.3 Å². The van der Waals surface area contributed by atoms with E-state index in [1.807, 2.05) is 6.07 Å². The lowest BCUT2D eigenvalue weighted by Crippen LogP contribution is -2.20. The van der Waals surface area contributed by atoms with Crippen LogP contribution in [0.15, 0.2) is 18.2 Å². The largest absolute Gasteiger partial charge is 0.316 e. The quantitative estimate of drug-likeness (QED) is 0.743. The van der Waals surface area contributed by atoms with Crippen LogP contribution in [0.1, 0.15) is 32.1 Å². The third-order valence-corrected chi connectivity index (χ3v) is 3.65. The molecule has 0 spiro atoms. The minimum atomic E-state index is 0.723. The summed E-state index contributed by atoms with van der Waals surface area (Å²) in [6, 6.07) is 4.04. The van der Waals surface area contributed by atoms with Gasteiger partial charge in [-0.25, -0.2) is 0 Å². The molecule has 0 radical (unpaired) electrons. The number of thiophene rings is 1. The van der Waals surface area contributed by atoms with Gasteiger partial charge in [0.15, 0.2) is 0 Å². The van der Waals surface area contributed by atoms with Gasteiger partial charge in [0.05, 0.1) is 4.34 Å². The molecule has 0 amide bonds. The Hall–Kier alpha value is -0.310. The first-order valence-corrected chi connectivity index (χ1v) is 6.92. The lowest BCUT2D eigenvalue weighted by Gasteiger charge is -2.05. The summed E-state index contributed by atoms with van der Waals surface area (Å²) >= 11 is 7.54. The van der Waals surface area contributed by atoms with Crippen LogP contribution in [0.3, 0.4) is 0 Å². The molecule has 90 valence electrons. The summed E-state index contributed by atoms with van der Waals surface area (Å²) < 4.78 is 0.862. The predicted molar refractivity (Wildman–Crippen MR) is 75.3 cm³/mol. The fourth-order valence-corrected chi connectivity index (χ4v) is 2.45. The molecule has 0 atom stereocenters. The predicted octanol–water partition coefficient (Wildman–Crippen LogP) is 4.44. The minimum Gasteiger partial charge on any atom is -0.316 e. The monoisotopic (exact) mass is 257 g/mol. The van der Waals surface area contributed by atoms with E-state index in [2.05, 4.69) is 38.2 Å². The van der Waals surface area contributed by atoms with E-state index in [0.29, 0.717) is 0 Å². The molecule has 1 N–H and O–H groups in total. The van der Waals surface area contributed by atoms with E-state index in [0.717, 1.165) is 29.8 Å². The Morgan fingerprint density at radius 1 is 1.50 bits per heavy atom. The number of rotatable bonds is 6. The standard InChI is InChI=1S/C13H20ClNS/c1-10(2)9-15-8-4-5-11(3)12-6-7-13(14)16-12/h5-7,10,15H,4,8-9H2,1-3H3. The van der Waals surface area contributed by atoms with Crippen molar-refractivity contribution in [3.63, 3.8) is 0 Å². The van der Waals surface area contributed by atoms with Crippen LogP contribution < -0.4 is 5.32 Å². The molecule has 16 heavy (non-hydrogen) atoms. The molecule has 1 heterocycles. The Labute approximate surface area is 108 Å². The first kappa shape index (κ1) is 13.8. The minimum absolute atomic E-state index is 0.723. The second-order valence-corrected chi connectivity index (χ2v) is 6.09. The SMILES string of the molecule is CC(=CCCNCC(C)C)c1ccc(Cl)s1. The van der Waals surface area contributed by atoms with Gasteiger partial charge in [-0.1, -0.05) is 31.5 Å². The molecule has 0 saturated heterocycles. The summed E-state index contributed by atoms with van der Waals surface area (Å²) in [5.74, 6) is 0.723. The van der Waals surface area contributed by atoms with Crippen molar-refractivity contribution in [1.82, 2.24) is 5.32 Å². The van der Waals surface area contributed by atoms with Crippen molar-refractivity contribution >= 4 is 28.5 Å². The molecule has 0 aromatic carbocycles. The van der Waals surface area contributed by atoms with E-state index in [9.17, 15) is 0 Å². The zero-order valence-electron chi connectivity index (χ0n) is 10.2. The van der Waals surface area contributed by atoms with Crippen LogP contribution in [0, 0.1) is 5.92 Å². The van der Waals surface area contributed by atoms with Crippen molar-refractivity contribution in [2.24, 2.45) is 5.92 Å². The Balaban J connectivity index is 2.29. The van der Waals surface area contributed by atoms with E-state index >= 15 is 0 Å². The summed E-state index contributed by atoms with van der Waals surface area (Å²) in [6.45, 7) is 8.74. The molecule has 0 fully saturated rings. The highest BCUT2D eigenvalue weighted by atomic mass is 35.5. The molecule has 1 rings (SSSR count). The Morgan fingerprint density at radius 3 is 2.81 bits per heavy atom. The third kappa shape index (κ3) is 5.15. The molecule has 0 saturated carbocycles. The molecular formula is C13H20ClNS. The highest BCUT2D eigenvalue weighted by Crippen LogP contribution is 2.27. The summed E-state index contributed by atoms with van der Waals surface area (Å²) in [6.07, 6.45) is 3.35. The van der Waals surface area contributed by atoms with Crippen LogP contribution in [-0.4, -0.2) is 13.1 Å². The molecular weight excluding hydrogens is 238 g/mol. The third-order valence-electron chi connectivity index (χ3n) is 2.29. The molecule has 1 aromatic heterocycles. The zero-order chi connectivity index (χ0) is 12.0. The van der Waals surface area contributed by atoms with Crippen LogP contribution in [0.25, 0.3) is 5.57 Å². The van der Waals surface area contributed by atoms with E-state index in [1.54, 1.807) is 11.3 Å². The molecule has 1 aromatic rings. The van der Waals surface area contributed by atoms with Crippen molar-refractivity contribution in [2.75, 3.05) is 13.1 Å². The first-order chi connectivity index (χ1) is 7.59. The molecule has 0 aliphatic rings. The van der Waals surface area contributed by atoms with E-state index < -0.39 is 0 Å². The van der Waals surface area contributed by atoms with Crippen molar-refractivity contribution in [2.45, 2.75) is 27.2 Å². The number of nitrogens with one attached hydrogen (secondary N) is 1. The van der Waals surface area contributed by atoms with Gasteiger partial charge in [0.25, 0.3) is 0 Å². The lowest BCUT2D eigenvalue weighted by molar-refractivity contribution is 0.557. The number of halogens is 1. The lowest BCUT2D eigenvalue weighted by atomic mass is 10.2. The van der Waals surface area contributed by atoms with E-state index in [1.165, 1.54) is 10.5 Å². The fraction of sp³-hybridized carbons (Fsp3) is 0.538. The Kier molecular flexibility index (Phi) is 6.10. The maximum atomic E-state index is 5.90. The van der Waals surface area contributed by atoms with Gasteiger partial charge in [-0.05, 0) is 50.1 Å². The van der Waals surface area contributed by atoms with Gasteiger partial charge < -0.3 is 5.32 Å². The first-order valence-electron chi connectivity index (χ1n) is 5.72. The molecule has 0 bridgehead atoms. The number of allylic oxidation sites excluding steroid dienone is 1. The maximum Gasteiger partial charge on any atom is 0.0934 e. The van der Waals surface area contributed by atoms with Crippen LogP contribution in [0.2, 0.25) is 4.34 Å². The fourth-order valence-electron chi connectivity index (χ4n) is 1.41. The van der Waals surface area contributed by atoms with Crippen molar-refractivity contribution in [3.8, 4) is 0 Å². The average Bonchev–Trinajstić information content (AvgIpc) is 2.63. The van der Waals surface area contributed by atoms with Gasteiger partial charge >= 0.3 is 0 Å². The van der Waals surface area contributed by atoms with Crippen LogP contribution >= 0.6 is 22.9 Å². The zero-order valence-corrected chi connectivity index (χ0v) is 11.8. The topological polar surface area (TPSA) is 12.0 Å². The highest BCUT2D eigenvalue weighted by molar-refractivity contribution is 7.17. The molecule has 0 aliphatic carbocycles. The Bertz CT molecular complexity index is 341. The highest BCUT2D eigenvalue weighted by Gasteiger charge is 1.99. The number of hydrogen-bond acceptors (Lipinski definition) is 2. The van der Waals surface area contributed by atoms with Gasteiger partial charge in [-0.3, -0.25) is 0 Å². The molecule has 0 unspecified atom stereocenters. The van der Waals surface area contributed by atoms with Crippen molar-refractivity contribution < 1.29 is 0 Å². The van der Waals surface area contributed by atoms with Gasteiger partial charge in [0.1, 0.15) is 0 Å². The molecule has 0 aliphatic heterocycles. The summed E-state index contributed by atoms with van der Waals surface area (Å²) in [5.41, 5.74) is 1.32. The van der Waals surface area contributed by atoms with Crippen LogP contribution in [-0.2, 0) is 0 Å². The Morgan fingerprint density at radius 2 is 2.25 bits per heavy atom. The van der Waals surface area contributed by atoms with E-state index in [-0.39, 0.29) is 0 Å². The van der Waals surface area contributed by atoms with E-state index in [4.69, 9.17) is 11.6 Å². The maximum absolute atomic E-state index is 5.90. The van der Waals surface area contributed by atoms with Crippen molar-refractivity contribution in [3.05, 3.63) is 27.4 Å². The van der Waals surface area contributed by atoms with Crippen molar-refractivity contribution in [1.29, 1.82) is 0 Å². The second kappa shape index (κ2) is 7.10. The van der Waals surface area contributed by atoms with Gasteiger partial charge in [0, 0.05) is 4.88 Å². The summed E-state index contributed by atoms with van der Waals surface area (Å²) in [7, 11) is 0. The van der Waals surface area contributed by atoms with Crippen LogP contribution in [0.5, 0.6) is 0 Å². The molecule has 3 heteroatoms. The summed E-state index contributed by atoms with van der Waals surface area (Å²) in [4.78, 5) is 1.27. The van der Waals surface area contributed by atoms with Gasteiger partial charge in [-0.2, -0.15) is 0 Å². The van der Waals surface area contributed by atoms with Gasteiger partial charge in [0.2, 0.25) is 0 Å². The molecule has 1 nitrogen and oxygen atoms in total. The number of hydrogen-bond donors (Lipinski definition) is 1.